The Labute approximate surface area is 84.7 Å². The van der Waals surface area contributed by atoms with Gasteiger partial charge in [-0.2, -0.15) is 0 Å². The Morgan fingerprint density at radius 3 is 2.20 bits per heavy atom. The predicted molar refractivity (Wildman–Crippen MR) is 47.2 cm³/mol. The van der Waals surface area contributed by atoms with E-state index < -0.39 is 24.5 Å². The molecule has 84 valence electrons. The third kappa shape index (κ3) is 3.42. The topological polar surface area (TPSA) is 9.23 Å². The van der Waals surface area contributed by atoms with E-state index in [0.717, 1.165) is 12.1 Å². The third-order valence-electron chi connectivity index (χ3n) is 1.86. The summed E-state index contributed by atoms with van der Waals surface area (Å²) in [6.45, 7) is 1.02. The van der Waals surface area contributed by atoms with Crippen LogP contribution in [0.3, 0.4) is 0 Å². The molecule has 0 spiro atoms. The average molecular weight is 222 g/mol. The minimum Gasteiger partial charge on any atom is -0.493 e. The van der Waals surface area contributed by atoms with Crippen molar-refractivity contribution >= 4 is 0 Å². The molecule has 0 fully saturated rings. The van der Waals surface area contributed by atoms with E-state index in [1.165, 1.54) is 6.92 Å². The zero-order chi connectivity index (χ0) is 11.4. The fraction of sp³-hybridized carbons (Fsp3) is 0.400. The lowest BCUT2D eigenvalue weighted by atomic mass is 10.2. The molecule has 0 amide bonds. The molecule has 1 aromatic rings. The van der Waals surface area contributed by atoms with Gasteiger partial charge in [0, 0.05) is 24.1 Å². The molecule has 0 saturated heterocycles. The van der Waals surface area contributed by atoms with Crippen molar-refractivity contribution in [2.24, 2.45) is 0 Å². The Hall–Kier alpha value is -1.26. The summed E-state index contributed by atoms with van der Waals surface area (Å²) in [6.07, 6.45) is -2.94. The molecule has 0 bridgehead atoms. The molecule has 15 heavy (non-hydrogen) atoms. The molecule has 0 N–H and O–H groups in total. The van der Waals surface area contributed by atoms with Gasteiger partial charge in [-0.3, -0.25) is 0 Å². The standard InChI is InChI=1S/C10H10F4O/c1-6-8(11)4-7(5-9(6)12)15-3-2-10(13)14/h4-5,10H,2-3H2,1H3. The first-order valence-corrected chi connectivity index (χ1v) is 4.37. The highest BCUT2D eigenvalue weighted by molar-refractivity contribution is 5.29. The minimum atomic E-state index is -2.48. The van der Waals surface area contributed by atoms with Crippen LogP contribution in [0.1, 0.15) is 12.0 Å². The van der Waals surface area contributed by atoms with Gasteiger partial charge in [-0.05, 0) is 6.92 Å². The van der Waals surface area contributed by atoms with Gasteiger partial charge in [0.15, 0.2) is 0 Å². The Bertz CT molecular complexity index is 315. The predicted octanol–water partition coefficient (Wildman–Crippen LogP) is 3.31. The van der Waals surface area contributed by atoms with Crippen LogP contribution in [0, 0.1) is 18.6 Å². The first kappa shape index (κ1) is 11.8. The molecular weight excluding hydrogens is 212 g/mol. The fourth-order valence-electron chi connectivity index (χ4n) is 0.971. The summed E-state index contributed by atoms with van der Waals surface area (Å²) < 4.78 is 54.2. The van der Waals surface area contributed by atoms with Crippen LogP contribution in [0.2, 0.25) is 0 Å². The first-order chi connectivity index (χ1) is 7.00. The third-order valence-corrected chi connectivity index (χ3v) is 1.86. The zero-order valence-electron chi connectivity index (χ0n) is 8.07. The van der Waals surface area contributed by atoms with E-state index in [9.17, 15) is 17.6 Å². The minimum absolute atomic E-state index is 0.0729. The van der Waals surface area contributed by atoms with Crippen LogP contribution in [0.15, 0.2) is 12.1 Å². The molecule has 5 heteroatoms. The molecule has 0 aliphatic rings. The van der Waals surface area contributed by atoms with Crippen LogP contribution in [0.4, 0.5) is 17.6 Å². The fourth-order valence-corrected chi connectivity index (χ4v) is 0.971. The Balaban J connectivity index is 2.63. The normalized spacial score (nSPS) is 10.8. The second kappa shape index (κ2) is 5.00. The quantitative estimate of drug-likeness (QED) is 0.710. The number of benzene rings is 1. The van der Waals surface area contributed by atoms with E-state index in [1.807, 2.05) is 0 Å². The van der Waals surface area contributed by atoms with Crippen molar-refractivity contribution in [1.29, 1.82) is 0 Å². The molecule has 1 nitrogen and oxygen atoms in total. The maximum Gasteiger partial charge on any atom is 0.241 e. The molecule has 0 saturated carbocycles. The SMILES string of the molecule is Cc1c(F)cc(OCCC(F)F)cc1F. The van der Waals surface area contributed by atoms with Gasteiger partial charge in [-0.25, -0.2) is 17.6 Å². The largest absolute Gasteiger partial charge is 0.493 e. The van der Waals surface area contributed by atoms with Crippen LogP contribution in [0.5, 0.6) is 5.75 Å². The van der Waals surface area contributed by atoms with Crippen molar-refractivity contribution < 1.29 is 22.3 Å². The van der Waals surface area contributed by atoms with Gasteiger partial charge >= 0.3 is 0 Å². The molecule has 0 heterocycles. The van der Waals surface area contributed by atoms with Crippen LogP contribution >= 0.6 is 0 Å². The molecule has 0 radical (unpaired) electrons. The molecule has 0 aromatic heterocycles. The van der Waals surface area contributed by atoms with Crippen molar-refractivity contribution in [3.8, 4) is 5.75 Å². The van der Waals surface area contributed by atoms with Gasteiger partial charge in [0.25, 0.3) is 0 Å². The summed E-state index contributed by atoms with van der Waals surface area (Å²) >= 11 is 0. The number of alkyl halides is 2. The summed E-state index contributed by atoms with van der Waals surface area (Å²) in [5, 5.41) is 0. The van der Waals surface area contributed by atoms with Gasteiger partial charge in [-0.1, -0.05) is 0 Å². The Kier molecular flexibility index (Phi) is 3.94. The lowest BCUT2D eigenvalue weighted by Gasteiger charge is -2.07. The second-order valence-corrected chi connectivity index (χ2v) is 3.04. The molecule has 1 aromatic carbocycles. The lowest BCUT2D eigenvalue weighted by Crippen LogP contribution is -2.03. The first-order valence-electron chi connectivity index (χ1n) is 4.37. The van der Waals surface area contributed by atoms with E-state index in [-0.39, 0.29) is 17.9 Å². The summed E-state index contributed by atoms with van der Waals surface area (Å²) in [7, 11) is 0. The summed E-state index contributed by atoms with van der Waals surface area (Å²) in [4.78, 5) is 0. The Morgan fingerprint density at radius 2 is 1.73 bits per heavy atom. The van der Waals surface area contributed by atoms with Gasteiger partial charge in [-0.15, -0.1) is 0 Å². The second-order valence-electron chi connectivity index (χ2n) is 3.04. The highest BCUT2D eigenvalue weighted by Crippen LogP contribution is 2.20. The smallest absolute Gasteiger partial charge is 0.241 e. The van der Waals surface area contributed by atoms with Crippen LogP contribution < -0.4 is 4.74 Å². The van der Waals surface area contributed by atoms with Gasteiger partial charge < -0.3 is 4.74 Å². The number of hydrogen-bond donors (Lipinski definition) is 0. The number of rotatable bonds is 4. The van der Waals surface area contributed by atoms with Crippen LogP contribution in [-0.2, 0) is 0 Å². The van der Waals surface area contributed by atoms with Crippen molar-refractivity contribution in [3.05, 3.63) is 29.3 Å². The maximum atomic E-state index is 13.0. The van der Waals surface area contributed by atoms with Gasteiger partial charge in [0.05, 0.1) is 6.61 Å². The number of ether oxygens (including phenoxy) is 1. The molecular formula is C10H10F4O. The molecule has 0 aliphatic heterocycles. The monoisotopic (exact) mass is 222 g/mol. The maximum absolute atomic E-state index is 13.0. The highest BCUT2D eigenvalue weighted by atomic mass is 19.3. The van der Waals surface area contributed by atoms with E-state index in [4.69, 9.17) is 4.74 Å². The van der Waals surface area contributed by atoms with E-state index in [1.54, 1.807) is 0 Å². The highest BCUT2D eigenvalue weighted by Gasteiger charge is 2.08. The van der Waals surface area contributed by atoms with Crippen molar-refractivity contribution in [2.45, 2.75) is 19.8 Å². The molecule has 0 aliphatic carbocycles. The van der Waals surface area contributed by atoms with Crippen molar-refractivity contribution in [2.75, 3.05) is 6.61 Å². The average Bonchev–Trinajstić information content (AvgIpc) is 2.13. The van der Waals surface area contributed by atoms with Gasteiger partial charge in [0.1, 0.15) is 17.4 Å². The summed E-state index contributed by atoms with van der Waals surface area (Å²) in [5.41, 5.74) is -0.115. The van der Waals surface area contributed by atoms with Crippen LogP contribution in [0.25, 0.3) is 0 Å². The Morgan fingerprint density at radius 1 is 1.20 bits per heavy atom. The summed E-state index contributed by atoms with van der Waals surface area (Å²) in [6, 6.07) is 1.95. The van der Waals surface area contributed by atoms with E-state index >= 15 is 0 Å². The van der Waals surface area contributed by atoms with Crippen LogP contribution in [-0.4, -0.2) is 13.0 Å². The zero-order valence-corrected chi connectivity index (χ0v) is 8.07. The van der Waals surface area contributed by atoms with Gasteiger partial charge in [0.2, 0.25) is 6.43 Å². The molecule has 0 atom stereocenters. The number of hydrogen-bond acceptors (Lipinski definition) is 1. The molecule has 1 rings (SSSR count). The molecule has 0 unspecified atom stereocenters. The number of halogens is 4. The van der Waals surface area contributed by atoms with Crippen molar-refractivity contribution in [1.82, 2.24) is 0 Å². The van der Waals surface area contributed by atoms with E-state index in [0.29, 0.717) is 0 Å². The summed E-state index contributed by atoms with van der Waals surface area (Å²) in [5.74, 6) is -1.57. The van der Waals surface area contributed by atoms with E-state index in [2.05, 4.69) is 0 Å². The van der Waals surface area contributed by atoms with Crippen molar-refractivity contribution in [3.63, 3.8) is 0 Å². The lowest BCUT2D eigenvalue weighted by molar-refractivity contribution is 0.114.